The van der Waals surface area contributed by atoms with Crippen LogP contribution in [0.2, 0.25) is 0 Å². The van der Waals surface area contributed by atoms with Gasteiger partial charge in [0, 0.05) is 6.04 Å². The number of nitrogens with zero attached hydrogens (tertiary/aromatic N) is 1. The zero-order valence-corrected chi connectivity index (χ0v) is 9.70. The number of carbonyl (C=O) groups is 1. The summed E-state index contributed by atoms with van der Waals surface area (Å²) in [6.45, 7) is 5.45. The first kappa shape index (κ1) is 10.9. The van der Waals surface area contributed by atoms with Crippen LogP contribution in [0.1, 0.15) is 46.0 Å². The van der Waals surface area contributed by atoms with Crippen molar-refractivity contribution >= 4 is 5.97 Å². The number of likely N-dealkylation sites (tertiary alicyclic amines) is 1. The molecule has 2 aliphatic rings. The van der Waals surface area contributed by atoms with Crippen LogP contribution in [0.3, 0.4) is 0 Å². The van der Waals surface area contributed by atoms with Crippen molar-refractivity contribution in [3.8, 4) is 0 Å². The molecule has 2 unspecified atom stereocenters. The average Bonchev–Trinajstić information content (AvgIpc) is 2.96. The van der Waals surface area contributed by atoms with Crippen molar-refractivity contribution in [3.05, 3.63) is 0 Å². The maximum Gasteiger partial charge on any atom is 0.320 e. The molecule has 1 N–H and O–H groups in total. The molecule has 2 fully saturated rings. The van der Waals surface area contributed by atoms with Crippen molar-refractivity contribution in [1.82, 2.24) is 4.90 Å². The first-order chi connectivity index (χ1) is 7.04. The van der Waals surface area contributed by atoms with E-state index in [2.05, 4.69) is 18.7 Å². The van der Waals surface area contributed by atoms with Crippen LogP contribution >= 0.6 is 0 Å². The second kappa shape index (κ2) is 3.78. The highest BCUT2D eigenvalue weighted by Gasteiger charge is 2.47. The van der Waals surface area contributed by atoms with Gasteiger partial charge in [-0.05, 0) is 44.6 Å². The molecule has 86 valence electrons. The van der Waals surface area contributed by atoms with Crippen LogP contribution in [0, 0.1) is 5.41 Å². The summed E-state index contributed by atoms with van der Waals surface area (Å²) in [4.78, 5) is 13.4. The molecule has 3 nitrogen and oxygen atoms in total. The van der Waals surface area contributed by atoms with Gasteiger partial charge in [0.05, 0.1) is 0 Å². The lowest BCUT2D eigenvalue weighted by atomic mass is 9.93. The lowest BCUT2D eigenvalue weighted by Gasteiger charge is -2.40. The Hall–Kier alpha value is -0.570. The van der Waals surface area contributed by atoms with E-state index in [-0.39, 0.29) is 6.04 Å². The molecule has 0 spiro atoms. The van der Waals surface area contributed by atoms with Gasteiger partial charge >= 0.3 is 5.97 Å². The molecule has 1 saturated carbocycles. The molecule has 1 saturated heterocycles. The van der Waals surface area contributed by atoms with Crippen molar-refractivity contribution in [3.63, 3.8) is 0 Å². The molecule has 3 heteroatoms. The molecule has 0 aromatic heterocycles. The number of piperidine rings is 1. The van der Waals surface area contributed by atoms with E-state index in [9.17, 15) is 9.90 Å². The summed E-state index contributed by atoms with van der Waals surface area (Å²) in [7, 11) is 0. The molecule has 0 bridgehead atoms. The zero-order chi connectivity index (χ0) is 11.1. The molecule has 0 aromatic carbocycles. The van der Waals surface area contributed by atoms with Crippen LogP contribution in [0.15, 0.2) is 0 Å². The first-order valence-corrected chi connectivity index (χ1v) is 6.03. The third kappa shape index (κ3) is 2.03. The van der Waals surface area contributed by atoms with Gasteiger partial charge in [-0.15, -0.1) is 0 Å². The van der Waals surface area contributed by atoms with Gasteiger partial charge < -0.3 is 5.11 Å². The van der Waals surface area contributed by atoms with E-state index >= 15 is 0 Å². The highest BCUT2D eigenvalue weighted by molar-refractivity contribution is 5.73. The highest BCUT2D eigenvalue weighted by Crippen LogP contribution is 2.50. The summed E-state index contributed by atoms with van der Waals surface area (Å²) in [5, 5.41) is 9.20. The molecular weight excluding hydrogens is 190 g/mol. The Morgan fingerprint density at radius 1 is 1.47 bits per heavy atom. The van der Waals surface area contributed by atoms with Crippen LogP contribution in [0.25, 0.3) is 0 Å². The van der Waals surface area contributed by atoms with Gasteiger partial charge in [0.1, 0.15) is 6.04 Å². The van der Waals surface area contributed by atoms with Crippen molar-refractivity contribution in [2.24, 2.45) is 5.41 Å². The fourth-order valence-electron chi connectivity index (χ4n) is 2.70. The highest BCUT2D eigenvalue weighted by atomic mass is 16.4. The molecule has 1 aliphatic heterocycles. The normalized spacial score (nSPS) is 32.3. The Bertz CT molecular complexity index is 260. The SMILES string of the molecule is CC(N1CCCCC1C(=O)O)C1(C)CC1. The third-order valence-corrected chi connectivity index (χ3v) is 4.37. The monoisotopic (exact) mass is 211 g/mol. The molecule has 1 heterocycles. The lowest BCUT2D eigenvalue weighted by Crippen LogP contribution is -2.51. The number of hydrogen-bond acceptors (Lipinski definition) is 2. The summed E-state index contributed by atoms with van der Waals surface area (Å²) in [5.74, 6) is -0.634. The fourth-order valence-corrected chi connectivity index (χ4v) is 2.70. The summed E-state index contributed by atoms with van der Waals surface area (Å²) < 4.78 is 0. The summed E-state index contributed by atoms with van der Waals surface area (Å²) >= 11 is 0. The Kier molecular flexibility index (Phi) is 2.75. The molecule has 1 aliphatic carbocycles. The molecule has 2 rings (SSSR count). The molecule has 0 aromatic rings. The van der Waals surface area contributed by atoms with E-state index in [1.807, 2.05) is 0 Å². The van der Waals surface area contributed by atoms with E-state index in [1.165, 1.54) is 12.8 Å². The van der Waals surface area contributed by atoms with Crippen molar-refractivity contribution in [2.75, 3.05) is 6.54 Å². The number of rotatable bonds is 3. The smallest absolute Gasteiger partial charge is 0.320 e. The number of hydrogen-bond donors (Lipinski definition) is 1. The summed E-state index contributed by atoms with van der Waals surface area (Å²) in [6, 6.07) is 0.199. The van der Waals surface area contributed by atoms with Gasteiger partial charge in [-0.1, -0.05) is 13.3 Å². The number of carboxylic acid groups (broad SMARTS) is 1. The van der Waals surface area contributed by atoms with Gasteiger partial charge in [-0.2, -0.15) is 0 Å². The molecule has 0 amide bonds. The lowest BCUT2D eigenvalue weighted by molar-refractivity contribution is -0.146. The minimum atomic E-state index is -0.634. The molecular formula is C12H21NO2. The van der Waals surface area contributed by atoms with Crippen molar-refractivity contribution in [1.29, 1.82) is 0 Å². The van der Waals surface area contributed by atoms with Gasteiger partial charge in [-0.25, -0.2) is 0 Å². The zero-order valence-electron chi connectivity index (χ0n) is 9.70. The maximum atomic E-state index is 11.2. The predicted molar refractivity (Wildman–Crippen MR) is 58.8 cm³/mol. The predicted octanol–water partition coefficient (Wildman–Crippen LogP) is 2.11. The Labute approximate surface area is 91.5 Å². The maximum absolute atomic E-state index is 11.2. The van der Waals surface area contributed by atoms with Crippen molar-refractivity contribution < 1.29 is 9.90 Å². The number of carboxylic acids is 1. The minimum absolute atomic E-state index is 0.230. The molecule has 0 radical (unpaired) electrons. The topological polar surface area (TPSA) is 40.5 Å². The first-order valence-electron chi connectivity index (χ1n) is 6.03. The largest absolute Gasteiger partial charge is 0.480 e. The fraction of sp³-hybridized carbons (Fsp3) is 0.917. The van der Waals surface area contributed by atoms with E-state index in [0.29, 0.717) is 11.5 Å². The van der Waals surface area contributed by atoms with Gasteiger partial charge in [0.15, 0.2) is 0 Å². The van der Waals surface area contributed by atoms with Gasteiger partial charge in [0.25, 0.3) is 0 Å². The standard InChI is InChI=1S/C12H21NO2/c1-9(12(2)6-7-12)13-8-4-3-5-10(13)11(14)15/h9-10H,3-8H2,1-2H3,(H,14,15). The van der Waals surface area contributed by atoms with Crippen LogP contribution in [-0.2, 0) is 4.79 Å². The van der Waals surface area contributed by atoms with Crippen LogP contribution in [-0.4, -0.2) is 34.6 Å². The van der Waals surface area contributed by atoms with Crippen LogP contribution in [0.4, 0.5) is 0 Å². The summed E-state index contributed by atoms with van der Waals surface area (Å²) in [6.07, 6.45) is 5.57. The molecule has 15 heavy (non-hydrogen) atoms. The van der Waals surface area contributed by atoms with E-state index < -0.39 is 5.97 Å². The molecule has 2 atom stereocenters. The minimum Gasteiger partial charge on any atom is -0.480 e. The van der Waals surface area contributed by atoms with E-state index in [0.717, 1.165) is 25.8 Å². The summed E-state index contributed by atoms with van der Waals surface area (Å²) in [5.41, 5.74) is 0.394. The Morgan fingerprint density at radius 3 is 2.67 bits per heavy atom. The van der Waals surface area contributed by atoms with Crippen LogP contribution < -0.4 is 0 Å². The van der Waals surface area contributed by atoms with Crippen LogP contribution in [0.5, 0.6) is 0 Å². The quantitative estimate of drug-likeness (QED) is 0.777. The second-order valence-corrected chi connectivity index (χ2v) is 5.42. The average molecular weight is 211 g/mol. The van der Waals surface area contributed by atoms with E-state index in [4.69, 9.17) is 0 Å². The second-order valence-electron chi connectivity index (χ2n) is 5.42. The Morgan fingerprint density at radius 2 is 2.13 bits per heavy atom. The van der Waals surface area contributed by atoms with Gasteiger partial charge in [0.2, 0.25) is 0 Å². The Balaban J connectivity index is 2.07. The van der Waals surface area contributed by atoms with E-state index in [1.54, 1.807) is 0 Å². The third-order valence-electron chi connectivity index (χ3n) is 4.37. The number of aliphatic carboxylic acids is 1. The van der Waals surface area contributed by atoms with Crippen molar-refractivity contribution in [2.45, 2.75) is 58.0 Å². The van der Waals surface area contributed by atoms with Gasteiger partial charge in [-0.3, -0.25) is 9.69 Å².